The topological polar surface area (TPSA) is 12.0 Å². The summed E-state index contributed by atoms with van der Waals surface area (Å²) in [5.74, 6) is 0.581. The standard InChI is InChI=1S/C14H27N/c1-6-10-11-12(5)13(7-2)14(8-3)15-9-4/h10-11,13-15H,5-9H2,1-4H3/b11-10-/t13-,14?/m1/s1. The van der Waals surface area contributed by atoms with E-state index in [0.717, 1.165) is 13.0 Å². The smallest absolute Gasteiger partial charge is 0.0133 e. The summed E-state index contributed by atoms with van der Waals surface area (Å²) in [6, 6.07) is 0.578. The summed E-state index contributed by atoms with van der Waals surface area (Å²) < 4.78 is 0. The van der Waals surface area contributed by atoms with Crippen molar-refractivity contribution in [2.75, 3.05) is 6.54 Å². The zero-order chi connectivity index (χ0) is 11.7. The van der Waals surface area contributed by atoms with E-state index in [1.807, 2.05) is 0 Å². The highest BCUT2D eigenvalue weighted by atomic mass is 14.9. The molecule has 1 heteroatoms. The predicted molar refractivity (Wildman–Crippen MR) is 70.1 cm³/mol. The monoisotopic (exact) mass is 209 g/mol. The summed E-state index contributed by atoms with van der Waals surface area (Å²) in [4.78, 5) is 0. The molecule has 0 saturated heterocycles. The first kappa shape index (κ1) is 14.4. The fourth-order valence-corrected chi connectivity index (χ4v) is 2.03. The lowest BCUT2D eigenvalue weighted by atomic mass is 9.88. The number of hydrogen-bond acceptors (Lipinski definition) is 1. The van der Waals surface area contributed by atoms with Gasteiger partial charge in [-0.1, -0.05) is 52.0 Å². The first-order chi connectivity index (χ1) is 7.21. The van der Waals surface area contributed by atoms with Gasteiger partial charge in [0.1, 0.15) is 0 Å². The van der Waals surface area contributed by atoms with Crippen molar-refractivity contribution in [3.63, 3.8) is 0 Å². The molecule has 0 fully saturated rings. The van der Waals surface area contributed by atoms with Crippen molar-refractivity contribution in [1.82, 2.24) is 5.32 Å². The molecule has 0 amide bonds. The fraction of sp³-hybridized carbons (Fsp3) is 0.714. The lowest BCUT2D eigenvalue weighted by Crippen LogP contribution is -2.35. The van der Waals surface area contributed by atoms with E-state index in [2.05, 4.69) is 51.7 Å². The lowest BCUT2D eigenvalue weighted by Gasteiger charge is -2.26. The molecular weight excluding hydrogens is 182 g/mol. The summed E-state index contributed by atoms with van der Waals surface area (Å²) in [5.41, 5.74) is 1.27. The quantitative estimate of drug-likeness (QED) is 0.597. The molecule has 0 saturated carbocycles. The van der Waals surface area contributed by atoms with Gasteiger partial charge in [-0.2, -0.15) is 0 Å². The van der Waals surface area contributed by atoms with Crippen molar-refractivity contribution in [1.29, 1.82) is 0 Å². The van der Waals surface area contributed by atoms with E-state index in [1.54, 1.807) is 0 Å². The van der Waals surface area contributed by atoms with Gasteiger partial charge in [-0.05, 0) is 31.7 Å². The molecule has 0 aliphatic carbocycles. The van der Waals surface area contributed by atoms with Crippen LogP contribution in [-0.4, -0.2) is 12.6 Å². The van der Waals surface area contributed by atoms with Gasteiger partial charge in [0.25, 0.3) is 0 Å². The molecule has 15 heavy (non-hydrogen) atoms. The molecule has 0 aliphatic heterocycles. The molecule has 0 aromatic carbocycles. The van der Waals surface area contributed by atoms with Crippen LogP contribution in [0.1, 0.15) is 47.0 Å². The van der Waals surface area contributed by atoms with Crippen LogP contribution in [0.4, 0.5) is 0 Å². The molecule has 0 spiro atoms. The first-order valence-corrected chi connectivity index (χ1v) is 6.29. The summed E-state index contributed by atoms with van der Waals surface area (Å²) in [6.07, 6.45) is 7.81. The first-order valence-electron chi connectivity index (χ1n) is 6.29. The van der Waals surface area contributed by atoms with Gasteiger partial charge in [0.15, 0.2) is 0 Å². The maximum Gasteiger partial charge on any atom is 0.0133 e. The maximum absolute atomic E-state index is 4.19. The van der Waals surface area contributed by atoms with E-state index in [1.165, 1.54) is 18.4 Å². The minimum absolute atomic E-state index is 0.578. The van der Waals surface area contributed by atoms with Gasteiger partial charge in [-0.15, -0.1) is 0 Å². The third-order valence-electron chi connectivity index (χ3n) is 2.88. The normalized spacial score (nSPS) is 15.5. The van der Waals surface area contributed by atoms with Gasteiger partial charge in [-0.3, -0.25) is 0 Å². The summed E-state index contributed by atoms with van der Waals surface area (Å²) in [7, 11) is 0. The van der Waals surface area contributed by atoms with Crippen molar-refractivity contribution >= 4 is 0 Å². The highest BCUT2D eigenvalue weighted by molar-refractivity contribution is 5.19. The van der Waals surface area contributed by atoms with Crippen molar-refractivity contribution in [2.24, 2.45) is 5.92 Å². The molecule has 0 aromatic rings. The fourth-order valence-electron chi connectivity index (χ4n) is 2.03. The van der Waals surface area contributed by atoms with Gasteiger partial charge >= 0.3 is 0 Å². The van der Waals surface area contributed by atoms with Crippen molar-refractivity contribution < 1.29 is 0 Å². The van der Waals surface area contributed by atoms with Crippen LogP contribution in [0.15, 0.2) is 24.3 Å². The number of nitrogens with one attached hydrogen (secondary N) is 1. The Hall–Kier alpha value is -0.560. The van der Waals surface area contributed by atoms with E-state index >= 15 is 0 Å². The Morgan fingerprint density at radius 2 is 1.87 bits per heavy atom. The predicted octanol–water partition coefficient (Wildman–Crippen LogP) is 3.92. The molecule has 0 bridgehead atoms. The highest BCUT2D eigenvalue weighted by Crippen LogP contribution is 2.21. The largest absolute Gasteiger partial charge is 0.314 e. The van der Waals surface area contributed by atoms with Crippen LogP contribution in [0.25, 0.3) is 0 Å². The molecular formula is C14H27N. The second-order valence-electron chi connectivity index (χ2n) is 3.97. The van der Waals surface area contributed by atoms with Gasteiger partial charge in [-0.25, -0.2) is 0 Å². The summed E-state index contributed by atoms with van der Waals surface area (Å²) in [5, 5.41) is 3.55. The van der Waals surface area contributed by atoms with Crippen LogP contribution >= 0.6 is 0 Å². The van der Waals surface area contributed by atoms with E-state index in [9.17, 15) is 0 Å². The van der Waals surface area contributed by atoms with Crippen LogP contribution in [-0.2, 0) is 0 Å². The van der Waals surface area contributed by atoms with Gasteiger partial charge in [0, 0.05) is 6.04 Å². The number of hydrogen-bond donors (Lipinski definition) is 1. The molecule has 1 nitrogen and oxygen atoms in total. The number of rotatable bonds is 8. The molecule has 88 valence electrons. The molecule has 0 radical (unpaired) electrons. The van der Waals surface area contributed by atoms with Crippen LogP contribution < -0.4 is 5.32 Å². The molecule has 0 rings (SSSR count). The Labute approximate surface area is 95.7 Å². The third kappa shape index (κ3) is 5.17. The van der Waals surface area contributed by atoms with Crippen LogP contribution in [0.5, 0.6) is 0 Å². The molecule has 1 unspecified atom stereocenters. The Morgan fingerprint density at radius 1 is 1.20 bits per heavy atom. The van der Waals surface area contributed by atoms with Crippen molar-refractivity contribution in [2.45, 2.75) is 53.0 Å². The molecule has 1 N–H and O–H groups in total. The van der Waals surface area contributed by atoms with Crippen molar-refractivity contribution in [3.8, 4) is 0 Å². The molecule has 0 aromatic heterocycles. The van der Waals surface area contributed by atoms with Gasteiger partial charge in [0.05, 0.1) is 0 Å². The average molecular weight is 209 g/mol. The Kier molecular flexibility index (Phi) is 8.40. The highest BCUT2D eigenvalue weighted by Gasteiger charge is 2.18. The van der Waals surface area contributed by atoms with Crippen LogP contribution in [0, 0.1) is 5.92 Å². The lowest BCUT2D eigenvalue weighted by molar-refractivity contribution is 0.387. The van der Waals surface area contributed by atoms with Crippen LogP contribution in [0.2, 0.25) is 0 Å². The van der Waals surface area contributed by atoms with Crippen molar-refractivity contribution in [3.05, 3.63) is 24.3 Å². The molecule has 0 heterocycles. The second kappa shape index (κ2) is 8.72. The van der Waals surface area contributed by atoms with E-state index in [-0.39, 0.29) is 0 Å². The maximum atomic E-state index is 4.19. The Morgan fingerprint density at radius 3 is 2.27 bits per heavy atom. The van der Waals surface area contributed by atoms with Gasteiger partial charge in [0.2, 0.25) is 0 Å². The Bertz CT molecular complexity index is 194. The average Bonchev–Trinajstić information content (AvgIpc) is 2.26. The van der Waals surface area contributed by atoms with E-state index < -0.39 is 0 Å². The zero-order valence-corrected chi connectivity index (χ0v) is 10.8. The number of allylic oxidation sites excluding steroid dienone is 2. The third-order valence-corrected chi connectivity index (χ3v) is 2.88. The second-order valence-corrected chi connectivity index (χ2v) is 3.97. The molecule has 2 atom stereocenters. The van der Waals surface area contributed by atoms with Gasteiger partial charge < -0.3 is 5.32 Å². The minimum atomic E-state index is 0.578. The zero-order valence-electron chi connectivity index (χ0n) is 10.8. The molecule has 0 aliphatic rings. The van der Waals surface area contributed by atoms with E-state index in [4.69, 9.17) is 0 Å². The Balaban J connectivity index is 4.42. The van der Waals surface area contributed by atoms with E-state index in [0.29, 0.717) is 12.0 Å². The van der Waals surface area contributed by atoms with Crippen LogP contribution in [0.3, 0.4) is 0 Å². The summed E-state index contributed by atoms with van der Waals surface area (Å²) >= 11 is 0. The minimum Gasteiger partial charge on any atom is -0.314 e. The SMILES string of the molecule is C=C(/C=C\CC)[C@@H](CC)C(CC)NCC. The summed E-state index contributed by atoms with van der Waals surface area (Å²) in [6.45, 7) is 14.0.